The fourth-order valence-electron chi connectivity index (χ4n) is 1.11. The summed E-state index contributed by atoms with van der Waals surface area (Å²) in [5, 5.41) is 18.5. The summed E-state index contributed by atoms with van der Waals surface area (Å²) in [6.45, 7) is 8.45. The van der Waals surface area contributed by atoms with Crippen molar-refractivity contribution in [3.05, 3.63) is 12.7 Å². The summed E-state index contributed by atoms with van der Waals surface area (Å²) >= 11 is 0. The first-order valence-corrected chi connectivity index (χ1v) is 3.95. The van der Waals surface area contributed by atoms with Crippen molar-refractivity contribution in [2.45, 2.75) is 26.4 Å². The van der Waals surface area contributed by atoms with Gasteiger partial charge in [0.25, 0.3) is 0 Å². The number of aliphatic hydroxyl groups is 1. The molecule has 0 spiro atoms. The lowest BCUT2D eigenvalue weighted by Gasteiger charge is -2.32. The van der Waals surface area contributed by atoms with E-state index in [-0.39, 0.29) is 5.92 Å². The van der Waals surface area contributed by atoms with Crippen molar-refractivity contribution in [3.8, 4) is 0 Å². The lowest BCUT2D eigenvalue weighted by molar-refractivity contribution is -0.150. The largest absolute Gasteiger partial charge is 0.481 e. The first kappa shape index (κ1) is 11.2. The van der Waals surface area contributed by atoms with Gasteiger partial charge in [0.05, 0.1) is 11.5 Å². The normalized spacial score (nSPS) is 18.4. The summed E-state index contributed by atoms with van der Waals surface area (Å²) < 4.78 is 0. The van der Waals surface area contributed by atoms with Crippen molar-refractivity contribution in [3.63, 3.8) is 0 Å². The predicted molar refractivity (Wildman–Crippen MR) is 46.8 cm³/mol. The number of rotatable bonds is 4. The van der Waals surface area contributed by atoms with Crippen molar-refractivity contribution in [2.24, 2.45) is 11.8 Å². The quantitative estimate of drug-likeness (QED) is 0.628. The number of carbonyl (C=O) groups is 1. The van der Waals surface area contributed by atoms with Crippen LogP contribution in [-0.4, -0.2) is 21.8 Å². The minimum Gasteiger partial charge on any atom is -0.481 e. The molecule has 0 aliphatic rings. The highest BCUT2D eigenvalue weighted by atomic mass is 16.4. The van der Waals surface area contributed by atoms with Gasteiger partial charge in [-0.3, -0.25) is 4.79 Å². The van der Waals surface area contributed by atoms with E-state index in [1.165, 1.54) is 13.0 Å². The molecule has 70 valence electrons. The van der Waals surface area contributed by atoms with Crippen LogP contribution >= 0.6 is 0 Å². The van der Waals surface area contributed by atoms with Crippen LogP contribution in [0.25, 0.3) is 0 Å². The van der Waals surface area contributed by atoms with E-state index in [1.807, 2.05) is 0 Å². The lowest BCUT2D eigenvalue weighted by atomic mass is 9.80. The Morgan fingerprint density at radius 1 is 1.50 bits per heavy atom. The number of carboxylic acid groups (broad SMARTS) is 1. The Bertz CT molecular complexity index is 186. The zero-order valence-corrected chi connectivity index (χ0v) is 7.74. The molecule has 0 saturated carbocycles. The monoisotopic (exact) mass is 172 g/mol. The van der Waals surface area contributed by atoms with Gasteiger partial charge < -0.3 is 10.2 Å². The maximum Gasteiger partial charge on any atom is 0.309 e. The van der Waals surface area contributed by atoms with E-state index in [9.17, 15) is 9.90 Å². The van der Waals surface area contributed by atoms with E-state index in [1.54, 1.807) is 13.8 Å². The zero-order valence-electron chi connectivity index (χ0n) is 7.74. The topological polar surface area (TPSA) is 57.5 Å². The fourth-order valence-corrected chi connectivity index (χ4v) is 1.11. The zero-order chi connectivity index (χ0) is 9.94. The summed E-state index contributed by atoms with van der Waals surface area (Å²) in [4.78, 5) is 10.6. The maximum absolute atomic E-state index is 10.6. The molecular weight excluding hydrogens is 156 g/mol. The second kappa shape index (κ2) is 3.72. The van der Waals surface area contributed by atoms with E-state index >= 15 is 0 Å². The van der Waals surface area contributed by atoms with Gasteiger partial charge in [-0.1, -0.05) is 19.9 Å². The van der Waals surface area contributed by atoms with Gasteiger partial charge in [0.1, 0.15) is 0 Å². The van der Waals surface area contributed by atoms with E-state index in [4.69, 9.17) is 5.11 Å². The number of hydrogen-bond donors (Lipinski definition) is 2. The molecule has 0 fully saturated rings. The Morgan fingerprint density at radius 2 is 1.92 bits per heavy atom. The molecule has 0 heterocycles. The maximum atomic E-state index is 10.6. The molecule has 3 heteroatoms. The molecule has 0 saturated heterocycles. The van der Waals surface area contributed by atoms with Crippen LogP contribution in [0, 0.1) is 11.8 Å². The van der Waals surface area contributed by atoms with Crippen LogP contribution in [0.5, 0.6) is 0 Å². The van der Waals surface area contributed by atoms with E-state index < -0.39 is 17.5 Å². The van der Waals surface area contributed by atoms with Crippen molar-refractivity contribution in [2.75, 3.05) is 0 Å². The Hall–Kier alpha value is -0.830. The van der Waals surface area contributed by atoms with Gasteiger partial charge in [0.2, 0.25) is 0 Å². The summed E-state index contributed by atoms with van der Waals surface area (Å²) in [7, 11) is 0. The third-order valence-corrected chi connectivity index (χ3v) is 2.32. The van der Waals surface area contributed by atoms with Crippen molar-refractivity contribution in [1.29, 1.82) is 0 Å². The minimum atomic E-state index is -1.31. The third kappa shape index (κ3) is 1.85. The molecule has 0 bridgehead atoms. The standard InChI is InChI=1S/C9H16O3/c1-5-9(12,6(2)3)7(4)8(10)11/h5-7,12H,1H2,2-4H3,(H,10,11). The van der Waals surface area contributed by atoms with E-state index in [0.29, 0.717) is 0 Å². The molecule has 2 N–H and O–H groups in total. The molecule has 0 aliphatic heterocycles. The van der Waals surface area contributed by atoms with E-state index in [0.717, 1.165) is 0 Å². The highest BCUT2D eigenvalue weighted by Crippen LogP contribution is 2.27. The Labute approximate surface area is 72.7 Å². The van der Waals surface area contributed by atoms with E-state index in [2.05, 4.69) is 6.58 Å². The van der Waals surface area contributed by atoms with Crippen LogP contribution in [0.2, 0.25) is 0 Å². The first-order valence-electron chi connectivity index (χ1n) is 3.95. The predicted octanol–water partition coefficient (Wildman–Crippen LogP) is 1.28. The molecule has 2 atom stereocenters. The molecule has 3 nitrogen and oxygen atoms in total. The summed E-state index contributed by atoms with van der Waals surface area (Å²) in [6.07, 6.45) is 1.30. The summed E-state index contributed by atoms with van der Waals surface area (Å²) in [6, 6.07) is 0. The molecule has 0 amide bonds. The average molecular weight is 172 g/mol. The Kier molecular flexibility index (Phi) is 3.46. The summed E-state index contributed by atoms with van der Waals surface area (Å²) in [5.41, 5.74) is -1.31. The van der Waals surface area contributed by atoms with Crippen LogP contribution in [0.4, 0.5) is 0 Å². The molecule has 0 aliphatic carbocycles. The Balaban J connectivity index is 4.74. The second-order valence-corrected chi connectivity index (χ2v) is 3.31. The number of carboxylic acids is 1. The van der Waals surface area contributed by atoms with Gasteiger partial charge in [-0.15, -0.1) is 6.58 Å². The van der Waals surface area contributed by atoms with Gasteiger partial charge in [0.15, 0.2) is 0 Å². The molecule has 0 aromatic carbocycles. The van der Waals surface area contributed by atoms with Crippen LogP contribution < -0.4 is 0 Å². The van der Waals surface area contributed by atoms with Gasteiger partial charge in [-0.05, 0) is 12.8 Å². The van der Waals surface area contributed by atoms with Gasteiger partial charge in [-0.25, -0.2) is 0 Å². The minimum absolute atomic E-state index is 0.152. The molecule has 12 heavy (non-hydrogen) atoms. The molecular formula is C9H16O3. The highest BCUT2D eigenvalue weighted by Gasteiger charge is 2.38. The van der Waals surface area contributed by atoms with Crippen molar-refractivity contribution in [1.82, 2.24) is 0 Å². The Morgan fingerprint density at radius 3 is 2.00 bits per heavy atom. The smallest absolute Gasteiger partial charge is 0.309 e. The van der Waals surface area contributed by atoms with Crippen LogP contribution in [0.15, 0.2) is 12.7 Å². The molecule has 0 rings (SSSR count). The highest BCUT2D eigenvalue weighted by molar-refractivity contribution is 5.71. The van der Waals surface area contributed by atoms with Crippen molar-refractivity contribution < 1.29 is 15.0 Å². The van der Waals surface area contributed by atoms with Gasteiger partial charge in [0, 0.05) is 0 Å². The molecule has 2 unspecified atom stereocenters. The summed E-state index contributed by atoms with van der Waals surface area (Å²) in [5.74, 6) is -1.98. The van der Waals surface area contributed by atoms with Gasteiger partial charge in [-0.2, -0.15) is 0 Å². The molecule has 0 aromatic rings. The van der Waals surface area contributed by atoms with Crippen LogP contribution in [0.3, 0.4) is 0 Å². The average Bonchev–Trinajstić information content (AvgIpc) is 2.01. The molecule has 0 radical (unpaired) electrons. The SMILES string of the molecule is C=CC(O)(C(C)C)C(C)C(=O)O. The number of aliphatic carboxylic acids is 1. The second-order valence-electron chi connectivity index (χ2n) is 3.31. The number of hydrogen-bond acceptors (Lipinski definition) is 2. The van der Waals surface area contributed by atoms with Crippen LogP contribution in [0.1, 0.15) is 20.8 Å². The van der Waals surface area contributed by atoms with Gasteiger partial charge >= 0.3 is 5.97 Å². The lowest BCUT2D eigenvalue weighted by Crippen LogP contribution is -2.43. The van der Waals surface area contributed by atoms with Crippen molar-refractivity contribution >= 4 is 5.97 Å². The third-order valence-electron chi connectivity index (χ3n) is 2.32. The first-order chi connectivity index (χ1) is 5.36. The molecule has 0 aromatic heterocycles. The fraction of sp³-hybridized carbons (Fsp3) is 0.667. The van der Waals surface area contributed by atoms with Crippen LogP contribution in [-0.2, 0) is 4.79 Å².